The maximum atomic E-state index is 12.2. The van der Waals surface area contributed by atoms with Gasteiger partial charge in [0.2, 0.25) is 0 Å². The third-order valence-electron chi connectivity index (χ3n) is 4.01. The van der Waals surface area contributed by atoms with Crippen molar-refractivity contribution in [1.29, 1.82) is 0 Å². The molecule has 10 heteroatoms. The molecule has 22 heavy (non-hydrogen) atoms. The fourth-order valence-electron chi connectivity index (χ4n) is 2.88. The zero-order chi connectivity index (χ0) is 16.5. The van der Waals surface area contributed by atoms with Crippen LogP contribution in [-0.4, -0.2) is 75.2 Å². The van der Waals surface area contributed by atoms with E-state index in [2.05, 4.69) is 5.32 Å². The van der Waals surface area contributed by atoms with Gasteiger partial charge in [-0.05, 0) is 19.8 Å². The summed E-state index contributed by atoms with van der Waals surface area (Å²) in [5.74, 6) is -1.93. The largest absolute Gasteiger partial charge is 0.344 e. The first-order valence-electron chi connectivity index (χ1n) is 7.16. The monoisotopic (exact) mass is 352 g/mol. The molecular weight excluding hydrogens is 332 g/mol. The second-order valence-electron chi connectivity index (χ2n) is 5.72. The van der Waals surface area contributed by atoms with E-state index in [1.807, 2.05) is 0 Å². The molecule has 0 aromatic carbocycles. The number of sulfone groups is 2. The van der Waals surface area contributed by atoms with Crippen LogP contribution in [-0.2, 0) is 29.3 Å². The number of amides is 2. The third-order valence-corrected chi connectivity index (χ3v) is 7.53. The molecule has 2 unspecified atom stereocenters. The molecule has 8 nitrogen and oxygen atoms in total. The van der Waals surface area contributed by atoms with Gasteiger partial charge in [-0.3, -0.25) is 9.59 Å². The first-order chi connectivity index (χ1) is 10.1. The zero-order valence-corrected chi connectivity index (χ0v) is 14.0. The van der Waals surface area contributed by atoms with E-state index < -0.39 is 43.6 Å². The molecular formula is C12H20N2O6S2. The number of hydrogen-bond donors (Lipinski definition) is 1. The van der Waals surface area contributed by atoms with Gasteiger partial charge in [0.15, 0.2) is 19.7 Å². The molecule has 0 saturated carbocycles. The van der Waals surface area contributed by atoms with Gasteiger partial charge in [-0.15, -0.1) is 0 Å². The van der Waals surface area contributed by atoms with E-state index in [0.717, 1.165) is 0 Å². The molecule has 2 aliphatic rings. The molecule has 2 fully saturated rings. The summed E-state index contributed by atoms with van der Waals surface area (Å²) in [6.07, 6.45) is 0.623. The SMILES string of the molecule is CCN(C(=O)C(=O)NC1CCS(=O)(=O)C1)C1CCS(=O)(=O)C1. The zero-order valence-electron chi connectivity index (χ0n) is 12.3. The Labute approximate surface area is 130 Å². The Morgan fingerprint density at radius 2 is 1.64 bits per heavy atom. The van der Waals surface area contributed by atoms with Crippen molar-refractivity contribution < 1.29 is 26.4 Å². The maximum Gasteiger partial charge on any atom is 0.312 e. The molecule has 0 aliphatic carbocycles. The lowest BCUT2D eigenvalue weighted by atomic mass is 10.2. The van der Waals surface area contributed by atoms with Gasteiger partial charge in [0.25, 0.3) is 0 Å². The Morgan fingerprint density at radius 1 is 1.05 bits per heavy atom. The minimum absolute atomic E-state index is 0.00446. The van der Waals surface area contributed by atoms with Crippen molar-refractivity contribution in [2.75, 3.05) is 29.6 Å². The van der Waals surface area contributed by atoms with Crippen LogP contribution in [0.15, 0.2) is 0 Å². The molecule has 2 aliphatic heterocycles. The molecule has 0 radical (unpaired) electrons. The van der Waals surface area contributed by atoms with Crippen LogP contribution in [0.1, 0.15) is 19.8 Å². The second-order valence-corrected chi connectivity index (χ2v) is 10.2. The van der Waals surface area contributed by atoms with Gasteiger partial charge in [-0.25, -0.2) is 16.8 Å². The molecule has 126 valence electrons. The van der Waals surface area contributed by atoms with Gasteiger partial charge in [0, 0.05) is 18.6 Å². The fraction of sp³-hybridized carbons (Fsp3) is 0.833. The summed E-state index contributed by atoms with van der Waals surface area (Å²) in [6, 6.07) is -1.03. The Hall–Kier alpha value is -1.16. The third kappa shape index (κ3) is 3.97. The van der Waals surface area contributed by atoms with Gasteiger partial charge >= 0.3 is 11.8 Å². The van der Waals surface area contributed by atoms with Crippen molar-refractivity contribution in [3.8, 4) is 0 Å². The molecule has 2 saturated heterocycles. The minimum atomic E-state index is -3.15. The van der Waals surface area contributed by atoms with Crippen LogP contribution < -0.4 is 5.32 Å². The lowest BCUT2D eigenvalue weighted by molar-refractivity contribution is -0.147. The molecule has 0 aromatic heterocycles. The summed E-state index contributed by atoms with van der Waals surface area (Å²) >= 11 is 0. The van der Waals surface area contributed by atoms with E-state index >= 15 is 0 Å². The lowest BCUT2D eigenvalue weighted by Gasteiger charge is -2.26. The van der Waals surface area contributed by atoms with E-state index in [9.17, 15) is 26.4 Å². The normalized spacial score (nSPS) is 29.1. The van der Waals surface area contributed by atoms with Crippen LogP contribution in [0.4, 0.5) is 0 Å². The Bertz CT molecular complexity index is 670. The second kappa shape index (κ2) is 6.15. The van der Waals surface area contributed by atoms with Gasteiger partial charge in [-0.2, -0.15) is 0 Å². The predicted octanol–water partition coefficient (Wildman–Crippen LogP) is -1.67. The van der Waals surface area contributed by atoms with Gasteiger partial charge in [0.05, 0.1) is 23.0 Å². The van der Waals surface area contributed by atoms with E-state index in [4.69, 9.17) is 0 Å². The molecule has 2 atom stereocenters. The maximum absolute atomic E-state index is 12.2. The van der Waals surface area contributed by atoms with Gasteiger partial charge < -0.3 is 10.2 Å². The summed E-state index contributed by atoms with van der Waals surface area (Å²) in [5, 5.41) is 2.43. The number of carbonyl (C=O) groups is 2. The van der Waals surface area contributed by atoms with Crippen molar-refractivity contribution >= 4 is 31.5 Å². The number of likely N-dealkylation sites (N-methyl/N-ethyl adjacent to an activating group) is 1. The summed E-state index contributed by atoms with van der Waals surface area (Å²) in [4.78, 5) is 25.4. The predicted molar refractivity (Wildman–Crippen MR) is 79.6 cm³/mol. The molecule has 0 spiro atoms. The van der Waals surface area contributed by atoms with Crippen molar-refractivity contribution in [1.82, 2.24) is 10.2 Å². The number of nitrogens with one attached hydrogen (secondary N) is 1. The topological polar surface area (TPSA) is 118 Å². The molecule has 2 amide bonds. The van der Waals surface area contributed by atoms with Crippen LogP contribution in [0, 0.1) is 0 Å². The molecule has 2 rings (SSSR count). The van der Waals surface area contributed by atoms with E-state index in [0.29, 0.717) is 12.8 Å². The van der Waals surface area contributed by atoms with Crippen molar-refractivity contribution in [2.24, 2.45) is 0 Å². The minimum Gasteiger partial charge on any atom is -0.344 e. The first kappa shape index (κ1) is 17.2. The van der Waals surface area contributed by atoms with Gasteiger partial charge in [0.1, 0.15) is 0 Å². The summed E-state index contributed by atoms with van der Waals surface area (Å²) in [6.45, 7) is 1.91. The number of hydrogen-bond acceptors (Lipinski definition) is 6. The van der Waals surface area contributed by atoms with Crippen molar-refractivity contribution in [2.45, 2.75) is 31.8 Å². The highest BCUT2D eigenvalue weighted by Crippen LogP contribution is 2.18. The molecule has 0 aromatic rings. The van der Waals surface area contributed by atoms with Crippen LogP contribution >= 0.6 is 0 Å². The Balaban J connectivity index is 1.98. The average molecular weight is 352 g/mol. The Kier molecular flexibility index (Phi) is 4.81. The van der Waals surface area contributed by atoms with Crippen LogP contribution in [0.3, 0.4) is 0 Å². The summed E-state index contributed by atoms with van der Waals surface area (Å²) in [5.41, 5.74) is 0. The highest BCUT2D eigenvalue weighted by atomic mass is 32.2. The lowest BCUT2D eigenvalue weighted by Crippen LogP contribution is -2.50. The fourth-order valence-corrected chi connectivity index (χ4v) is 6.28. The van der Waals surface area contributed by atoms with Crippen molar-refractivity contribution in [3.05, 3.63) is 0 Å². The smallest absolute Gasteiger partial charge is 0.312 e. The number of rotatable bonds is 3. The highest BCUT2D eigenvalue weighted by molar-refractivity contribution is 7.91. The molecule has 1 N–H and O–H groups in total. The highest BCUT2D eigenvalue weighted by Gasteiger charge is 2.37. The Morgan fingerprint density at radius 3 is 2.09 bits per heavy atom. The van der Waals surface area contributed by atoms with E-state index in [1.54, 1.807) is 6.92 Å². The number of nitrogens with zero attached hydrogens (tertiary/aromatic N) is 1. The standard InChI is InChI=1S/C12H20N2O6S2/c1-2-14(10-4-6-22(19,20)8-10)12(16)11(15)13-9-3-5-21(17,18)7-9/h9-10H,2-8H2,1H3,(H,13,15). The quantitative estimate of drug-likeness (QED) is 0.607. The van der Waals surface area contributed by atoms with E-state index in [1.165, 1.54) is 4.90 Å². The number of carbonyl (C=O) groups excluding carboxylic acids is 2. The average Bonchev–Trinajstić information content (AvgIpc) is 2.92. The first-order valence-corrected chi connectivity index (χ1v) is 10.8. The molecule has 2 heterocycles. The summed E-state index contributed by atoms with van der Waals surface area (Å²) < 4.78 is 45.7. The summed E-state index contributed by atoms with van der Waals surface area (Å²) in [7, 11) is -6.30. The van der Waals surface area contributed by atoms with Crippen LogP contribution in [0.2, 0.25) is 0 Å². The van der Waals surface area contributed by atoms with Crippen molar-refractivity contribution in [3.63, 3.8) is 0 Å². The van der Waals surface area contributed by atoms with Crippen LogP contribution in [0.25, 0.3) is 0 Å². The van der Waals surface area contributed by atoms with Crippen LogP contribution in [0.5, 0.6) is 0 Å². The van der Waals surface area contributed by atoms with E-state index in [-0.39, 0.29) is 29.6 Å². The van der Waals surface area contributed by atoms with Gasteiger partial charge in [-0.1, -0.05) is 0 Å². The molecule has 0 bridgehead atoms.